The molecule has 0 saturated carbocycles. The van der Waals surface area contributed by atoms with E-state index in [0.717, 1.165) is 42.1 Å². The zero-order valence-electron chi connectivity index (χ0n) is 20.1. The summed E-state index contributed by atoms with van der Waals surface area (Å²) in [6.45, 7) is 5.67. The number of benzene rings is 1. The number of aromatic hydroxyl groups is 1. The molecule has 1 aromatic rings. The minimum absolute atomic E-state index is 0.0550. The van der Waals surface area contributed by atoms with Gasteiger partial charge in [0.15, 0.2) is 5.78 Å². The molecule has 3 N–H and O–H groups in total. The van der Waals surface area contributed by atoms with Crippen molar-refractivity contribution in [3.8, 4) is 11.5 Å². The second kappa shape index (κ2) is 17.0. The summed E-state index contributed by atoms with van der Waals surface area (Å²) in [6.07, 6.45) is 3.68. The Morgan fingerprint density at radius 2 is 1.88 bits per heavy atom. The van der Waals surface area contributed by atoms with Crippen molar-refractivity contribution < 1.29 is 34.4 Å². The van der Waals surface area contributed by atoms with Crippen LogP contribution in [0.2, 0.25) is 0 Å². The highest BCUT2D eigenvalue weighted by molar-refractivity contribution is 8.20. The van der Waals surface area contributed by atoms with Crippen molar-refractivity contribution >= 4 is 53.0 Å². The first-order valence-corrected chi connectivity index (χ1v) is 14.6. The number of hydrogen-bond acceptors (Lipinski definition) is 8. The van der Waals surface area contributed by atoms with Crippen molar-refractivity contribution in [2.45, 2.75) is 69.1 Å². The monoisotopic (exact) mass is 532 g/mol. The van der Waals surface area contributed by atoms with Crippen LogP contribution in [0, 0.1) is 0 Å². The third-order valence-electron chi connectivity index (χ3n) is 4.82. The van der Waals surface area contributed by atoms with Crippen molar-refractivity contribution in [3.63, 3.8) is 0 Å². The second-order valence-electron chi connectivity index (χ2n) is 7.72. The van der Waals surface area contributed by atoms with E-state index in [-0.39, 0.29) is 24.4 Å². The van der Waals surface area contributed by atoms with E-state index in [1.807, 2.05) is 42.2 Å². The van der Waals surface area contributed by atoms with Crippen LogP contribution in [0.5, 0.6) is 11.5 Å². The molecule has 0 spiro atoms. The summed E-state index contributed by atoms with van der Waals surface area (Å²) in [5.41, 5.74) is 1.07. The summed E-state index contributed by atoms with van der Waals surface area (Å²) < 4.78 is 6.32. The molecular weight excluding hydrogens is 496 g/mol. The molecule has 34 heavy (non-hydrogen) atoms. The van der Waals surface area contributed by atoms with Crippen LogP contribution in [-0.2, 0) is 16.0 Å². The van der Waals surface area contributed by atoms with Crippen LogP contribution in [0.15, 0.2) is 12.1 Å². The lowest BCUT2D eigenvalue weighted by molar-refractivity contribution is -0.137. The van der Waals surface area contributed by atoms with Crippen molar-refractivity contribution in [3.05, 3.63) is 23.3 Å². The molecule has 10 heteroatoms. The van der Waals surface area contributed by atoms with E-state index in [9.17, 15) is 19.5 Å². The number of hydrogen-bond donors (Lipinski definition) is 3. The highest BCUT2D eigenvalue weighted by Crippen LogP contribution is 2.41. The molecule has 1 aliphatic rings. The summed E-state index contributed by atoms with van der Waals surface area (Å²) in [6, 6.07) is 3.43. The molecule has 0 amide bonds. The highest BCUT2D eigenvalue weighted by Gasteiger charge is 2.26. The third kappa shape index (κ3) is 11.8. The smallest absolute Gasteiger partial charge is 0.303 e. The van der Waals surface area contributed by atoms with Gasteiger partial charge in [-0.1, -0.05) is 20.3 Å². The number of carboxylic acid groups (broad SMARTS) is 2. The van der Waals surface area contributed by atoms with Crippen LogP contribution in [-0.4, -0.2) is 66.7 Å². The molecule has 192 valence electrons. The zero-order chi connectivity index (χ0) is 25.5. The number of aliphatic carboxylic acids is 2. The maximum Gasteiger partial charge on any atom is 0.303 e. The number of phenols is 1. The topological polar surface area (TPSA) is 121 Å². The molecule has 2 unspecified atom stereocenters. The molecule has 1 fully saturated rings. The SMILES string of the molecule is CCC(=O)O.CCCc1c(OCCCSCC2CSC(CCC(=O)O)S2)ccc(C(C)=O)c1O. The van der Waals surface area contributed by atoms with E-state index in [1.54, 1.807) is 19.1 Å². The summed E-state index contributed by atoms with van der Waals surface area (Å²) >= 11 is 5.71. The van der Waals surface area contributed by atoms with E-state index < -0.39 is 11.9 Å². The van der Waals surface area contributed by atoms with Gasteiger partial charge in [0.1, 0.15) is 11.5 Å². The van der Waals surface area contributed by atoms with Gasteiger partial charge >= 0.3 is 11.9 Å². The van der Waals surface area contributed by atoms with Gasteiger partial charge in [-0.15, -0.1) is 23.5 Å². The van der Waals surface area contributed by atoms with Crippen LogP contribution in [0.4, 0.5) is 0 Å². The lowest BCUT2D eigenvalue weighted by Gasteiger charge is -2.15. The fourth-order valence-corrected chi connectivity index (χ4v) is 7.78. The predicted octanol–water partition coefficient (Wildman–Crippen LogP) is 5.57. The van der Waals surface area contributed by atoms with Crippen LogP contribution in [0.1, 0.15) is 68.8 Å². The number of ketones is 1. The Balaban J connectivity index is 0.00000104. The molecule has 1 aromatic carbocycles. The number of Topliss-reactive ketones (excluding diaryl/α,β-unsaturated/α-hetero) is 1. The number of carboxylic acids is 2. The van der Waals surface area contributed by atoms with Crippen molar-refractivity contribution in [2.75, 3.05) is 23.9 Å². The molecule has 0 aromatic heterocycles. The van der Waals surface area contributed by atoms with Gasteiger partial charge in [0, 0.05) is 35.2 Å². The Labute approximate surface area is 214 Å². The molecule has 1 heterocycles. The van der Waals surface area contributed by atoms with Gasteiger partial charge in [-0.3, -0.25) is 14.4 Å². The molecule has 1 saturated heterocycles. The number of phenolic OH excluding ortho intramolecular Hbond substituents is 1. The minimum Gasteiger partial charge on any atom is -0.507 e. The van der Waals surface area contributed by atoms with Gasteiger partial charge in [-0.05, 0) is 44.1 Å². The third-order valence-corrected chi connectivity index (χ3v) is 9.66. The van der Waals surface area contributed by atoms with Crippen LogP contribution < -0.4 is 4.74 Å². The van der Waals surface area contributed by atoms with Crippen LogP contribution in [0.25, 0.3) is 0 Å². The summed E-state index contributed by atoms with van der Waals surface area (Å²) in [5, 5.41) is 27.5. The maximum atomic E-state index is 11.6. The van der Waals surface area contributed by atoms with Gasteiger partial charge in [0.2, 0.25) is 0 Å². The molecule has 1 aliphatic heterocycles. The number of carbonyl (C=O) groups is 3. The van der Waals surface area contributed by atoms with E-state index in [2.05, 4.69) is 0 Å². The maximum absolute atomic E-state index is 11.6. The Morgan fingerprint density at radius 1 is 1.18 bits per heavy atom. The van der Waals surface area contributed by atoms with Gasteiger partial charge in [0.25, 0.3) is 0 Å². The Kier molecular flexibility index (Phi) is 15.3. The van der Waals surface area contributed by atoms with Gasteiger partial charge < -0.3 is 20.1 Å². The fraction of sp³-hybridized carbons (Fsp3) is 0.625. The number of ether oxygens (including phenoxy) is 1. The Bertz CT molecular complexity index is 801. The Hall–Kier alpha value is -1.52. The van der Waals surface area contributed by atoms with E-state index in [4.69, 9.17) is 14.9 Å². The molecule has 7 nitrogen and oxygen atoms in total. The number of rotatable bonds is 14. The summed E-state index contributed by atoms with van der Waals surface area (Å²) in [4.78, 5) is 31.7. The van der Waals surface area contributed by atoms with E-state index in [0.29, 0.717) is 34.2 Å². The molecule has 2 atom stereocenters. The first-order chi connectivity index (χ1) is 16.2. The van der Waals surface area contributed by atoms with E-state index >= 15 is 0 Å². The molecule has 0 aliphatic carbocycles. The largest absolute Gasteiger partial charge is 0.507 e. The van der Waals surface area contributed by atoms with Gasteiger partial charge in [-0.2, -0.15) is 11.8 Å². The quantitative estimate of drug-likeness (QED) is 0.207. The van der Waals surface area contributed by atoms with Crippen molar-refractivity contribution in [2.24, 2.45) is 0 Å². The lowest BCUT2D eigenvalue weighted by Crippen LogP contribution is -2.07. The molecule has 2 rings (SSSR count). The number of thioether (sulfide) groups is 3. The summed E-state index contributed by atoms with van der Waals surface area (Å²) in [5.74, 6) is 2.30. The average Bonchev–Trinajstić information content (AvgIpc) is 3.24. The minimum atomic E-state index is -0.745. The van der Waals surface area contributed by atoms with Crippen LogP contribution in [0.3, 0.4) is 0 Å². The normalized spacial score (nSPS) is 17.0. The number of carbonyl (C=O) groups excluding carboxylic acids is 1. The zero-order valence-corrected chi connectivity index (χ0v) is 22.5. The van der Waals surface area contributed by atoms with Crippen molar-refractivity contribution in [1.82, 2.24) is 0 Å². The highest BCUT2D eigenvalue weighted by atomic mass is 32.2. The second-order valence-corrected chi connectivity index (χ2v) is 11.9. The first-order valence-electron chi connectivity index (χ1n) is 11.5. The Morgan fingerprint density at radius 3 is 2.47 bits per heavy atom. The van der Waals surface area contributed by atoms with Gasteiger partial charge in [-0.25, -0.2) is 0 Å². The lowest BCUT2D eigenvalue weighted by atomic mass is 10.0. The fourth-order valence-electron chi connectivity index (χ4n) is 3.07. The predicted molar refractivity (Wildman–Crippen MR) is 142 cm³/mol. The average molecular weight is 533 g/mol. The summed E-state index contributed by atoms with van der Waals surface area (Å²) in [7, 11) is 0. The van der Waals surface area contributed by atoms with Gasteiger partial charge in [0.05, 0.1) is 16.8 Å². The van der Waals surface area contributed by atoms with E-state index in [1.165, 1.54) is 6.92 Å². The standard InChI is InChI=1S/C21H30O5S3.C3H6O2/c1-3-5-17-18(7-6-16(14(2)22)21(17)25)26-10-4-11-27-12-15-13-28-20(29-15)9-8-19(23)24;1-2-3(4)5/h6-7,15,20,25H,3-5,8-13H2,1-2H3,(H,23,24);2H2,1H3,(H,4,5). The first kappa shape index (κ1) is 30.5. The molecule has 0 bridgehead atoms. The van der Waals surface area contributed by atoms with Crippen LogP contribution >= 0.6 is 35.3 Å². The molecule has 0 radical (unpaired) electrons. The van der Waals surface area contributed by atoms with Crippen molar-refractivity contribution in [1.29, 1.82) is 0 Å². The molecular formula is C24H36O7S3.